The molecule has 1 atom stereocenters. The van der Waals surface area contributed by atoms with E-state index in [2.05, 4.69) is 0 Å². The molecule has 0 fully saturated rings. The van der Waals surface area contributed by atoms with Crippen LogP contribution < -0.4 is 9.47 Å². The van der Waals surface area contributed by atoms with E-state index in [1.165, 1.54) is 0 Å². The highest BCUT2D eigenvalue weighted by atomic mass is 16.5. The topological polar surface area (TPSA) is 58.9 Å². The van der Waals surface area contributed by atoms with Crippen molar-refractivity contribution in [2.24, 2.45) is 0 Å². The monoisotopic (exact) mass is 266 g/mol. The van der Waals surface area contributed by atoms with Crippen molar-refractivity contribution in [3.63, 3.8) is 0 Å². The number of aliphatic hydroxyl groups is 2. The Morgan fingerprint density at radius 3 is 2.16 bits per heavy atom. The summed E-state index contributed by atoms with van der Waals surface area (Å²) >= 11 is 0. The smallest absolute Gasteiger partial charge is 0.155 e. The molecule has 1 heterocycles. The Morgan fingerprint density at radius 2 is 1.68 bits per heavy atom. The first kappa shape index (κ1) is 14.2. The Balaban J connectivity index is 2.85. The van der Waals surface area contributed by atoms with E-state index in [-0.39, 0.29) is 6.61 Å². The Labute approximate surface area is 114 Å². The zero-order chi connectivity index (χ0) is 14.6. The molecular formula is C15H22O4. The minimum atomic E-state index is -1.42. The van der Waals surface area contributed by atoms with Crippen molar-refractivity contribution in [1.82, 2.24) is 0 Å². The van der Waals surface area contributed by atoms with Crippen LogP contribution in [0.3, 0.4) is 0 Å². The van der Waals surface area contributed by atoms with Gasteiger partial charge in [0.15, 0.2) is 5.60 Å². The summed E-state index contributed by atoms with van der Waals surface area (Å²) in [5, 5.41) is 20.6. The summed E-state index contributed by atoms with van der Waals surface area (Å²) in [6.45, 7) is 8.96. The number of benzene rings is 1. The van der Waals surface area contributed by atoms with Crippen LogP contribution in [0.1, 0.15) is 36.1 Å². The van der Waals surface area contributed by atoms with Crippen molar-refractivity contribution in [1.29, 1.82) is 0 Å². The van der Waals surface area contributed by atoms with E-state index >= 15 is 0 Å². The fraction of sp³-hybridized carbons (Fsp3) is 0.600. The molecule has 1 aromatic carbocycles. The minimum Gasteiger partial charge on any atom is -0.496 e. The van der Waals surface area contributed by atoms with Crippen LogP contribution in [0.4, 0.5) is 0 Å². The van der Waals surface area contributed by atoms with Crippen LogP contribution in [-0.4, -0.2) is 29.5 Å². The van der Waals surface area contributed by atoms with E-state index in [1.807, 2.05) is 20.8 Å². The maximum absolute atomic E-state index is 10.9. The van der Waals surface area contributed by atoms with Gasteiger partial charge >= 0.3 is 0 Å². The Kier molecular flexibility index (Phi) is 3.07. The maximum Gasteiger partial charge on any atom is 0.155 e. The average Bonchev–Trinajstić information content (AvgIpc) is 2.56. The largest absolute Gasteiger partial charge is 0.496 e. The molecular weight excluding hydrogens is 244 g/mol. The van der Waals surface area contributed by atoms with Gasteiger partial charge in [0.1, 0.15) is 17.1 Å². The van der Waals surface area contributed by atoms with Crippen LogP contribution in [0.15, 0.2) is 0 Å². The lowest BCUT2D eigenvalue weighted by molar-refractivity contribution is -0.123. The normalized spacial score (nSPS) is 24.0. The fourth-order valence-electron chi connectivity index (χ4n) is 2.93. The molecule has 0 unspecified atom stereocenters. The Hall–Kier alpha value is -1.26. The van der Waals surface area contributed by atoms with Crippen molar-refractivity contribution < 1.29 is 19.7 Å². The highest BCUT2D eigenvalue weighted by Gasteiger charge is 2.55. The van der Waals surface area contributed by atoms with E-state index in [9.17, 15) is 10.2 Å². The van der Waals surface area contributed by atoms with Gasteiger partial charge in [-0.25, -0.2) is 0 Å². The lowest BCUT2D eigenvalue weighted by Crippen LogP contribution is -2.49. The van der Waals surface area contributed by atoms with Crippen LogP contribution in [0.5, 0.6) is 11.5 Å². The Bertz CT molecular complexity index is 534. The van der Waals surface area contributed by atoms with Gasteiger partial charge in [-0.1, -0.05) is 0 Å². The first-order valence-electron chi connectivity index (χ1n) is 6.41. The summed E-state index contributed by atoms with van der Waals surface area (Å²) in [5.74, 6) is 1.40. The first-order chi connectivity index (χ1) is 8.71. The van der Waals surface area contributed by atoms with Crippen molar-refractivity contribution in [2.75, 3.05) is 13.7 Å². The van der Waals surface area contributed by atoms with Crippen LogP contribution in [0, 0.1) is 20.8 Å². The highest BCUT2D eigenvalue weighted by molar-refractivity contribution is 5.62. The lowest BCUT2D eigenvalue weighted by atomic mass is 9.79. The van der Waals surface area contributed by atoms with Crippen molar-refractivity contribution in [3.8, 4) is 11.5 Å². The van der Waals surface area contributed by atoms with Gasteiger partial charge in [0.25, 0.3) is 0 Å². The van der Waals surface area contributed by atoms with Crippen molar-refractivity contribution >= 4 is 0 Å². The van der Waals surface area contributed by atoms with Gasteiger partial charge in [-0.2, -0.15) is 0 Å². The van der Waals surface area contributed by atoms with Gasteiger partial charge in [0.2, 0.25) is 0 Å². The molecule has 0 spiro atoms. The van der Waals surface area contributed by atoms with Gasteiger partial charge in [-0.3, -0.25) is 0 Å². The molecule has 1 aromatic rings. The molecule has 1 aliphatic heterocycles. The van der Waals surface area contributed by atoms with Crippen LogP contribution in [-0.2, 0) is 5.60 Å². The number of hydrogen-bond donors (Lipinski definition) is 2. The van der Waals surface area contributed by atoms with Crippen molar-refractivity contribution in [3.05, 3.63) is 22.3 Å². The molecule has 0 saturated carbocycles. The number of aliphatic hydroxyl groups excluding tert-OH is 1. The van der Waals surface area contributed by atoms with Crippen LogP contribution >= 0.6 is 0 Å². The maximum atomic E-state index is 10.9. The lowest BCUT2D eigenvalue weighted by Gasteiger charge is -2.34. The molecule has 0 aliphatic carbocycles. The van der Waals surface area contributed by atoms with Gasteiger partial charge in [0.05, 0.1) is 13.7 Å². The molecule has 0 bridgehead atoms. The van der Waals surface area contributed by atoms with Crippen molar-refractivity contribution in [2.45, 2.75) is 45.8 Å². The first-order valence-corrected chi connectivity index (χ1v) is 6.41. The van der Waals surface area contributed by atoms with Gasteiger partial charge in [-0.05, 0) is 45.7 Å². The SMILES string of the molecule is COc1c(C)c(C)c2c(c1C)[C@@](O)(CO)C(C)(C)O2. The quantitative estimate of drug-likeness (QED) is 0.859. The summed E-state index contributed by atoms with van der Waals surface area (Å²) in [4.78, 5) is 0. The van der Waals surface area contributed by atoms with E-state index in [1.54, 1.807) is 21.0 Å². The standard InChI is InChI=1S/C15H22O4/c1-8-9(2)13-11(10(3)12(8)18-6)15(17,7-16)14(4,5)19-13/h16-17H,7H2,1-6H3/t15-/m0/s1. The molecule has 4 heteroatoms. The number of hydrogen-bond acceptors (Lipinski definition) is 4. The molecule has 0 aromatic heterocycles. The predicted octanol–water partition coefficient (Wildman–Crippen LogP) is 1.97. The summed E-state index contributed by atoms with van der Waals surface area (Å²) in [5.41, 5.74) is 1.10. The number of methoxy groups -OCH3 is 1. The van der Waals surface area contributed by atoms with E-state index in [0.29, 0.717) is 11.3 Å². The summed E-state index contributed by atoms with van der Waals surface area (Å²) in [6.07, 6.45) is 0. The molecule has 106 valence electrons. The second-order valence-corrected chi connectivity index (χ2v) is 5.74. The summed E-state index contributed by atoms with van der Waals surface area (Å²) in [6, 6.07) is 0. The molecule has 0 amide bonds. The number of rotatable bonds is 2. The molecule has 2 N–H and O–H groups in total. The average molecular weight is 266 g/mol. The highest BCUT2D eigenvalue weighted by Crippen LogP contribution is 2.53. The van der Waals surface area contributed by atoms with Gasteiger partial charge < -0.3 is 19.7 Å². The van der Waals surface area contributed by atoms with E-state index in [0.717, 1.165) is 22.4 Å². The third kappa shape index (κ3) is 1.60. The summed E-state index contributed by atoms with van der Waals surface area (Å²) < 4.78 is 11.4. The molecule has 19 heavy (non-hydrogen) atoms. The van der Waals surface area contributed by atoms with Crippen LogP contribution in [0.2, 0.25) is 0 Å². The molecule has 0 saturated heterocycles. The van der Waals surface area contributed by atoms with Gasteiger partial charge in [0, 0.05) is 11.1 Å². The zero-order valence-corrected chi connectivity index (χ0v) is 12.4. The number of ether oxygens (including phenoxy) is 2. The van der Waals surface area contributed by atoms with E-state index in [4.69, 9.17) is 9.47 Å². The third-order valence-electron chi connectivity index (χ3n) is 4.39. The molecule has 1 aliphatic rings. The zero-order valence-electron chi connectivity index (χ0n) is 12.4. The molecule has 4 nitrogen and oxygen atoms in total. The fourth-order valence-corrected chi connectivity index (χ4v) is 2.93. The Morgan fingerprint density at radius 1 is 1.11 bits per heavy atom. The predicted molar refractivity (Wildman–Crippen MR) is 72.9 cm³/mol. The van der Waals surface area contributed by atoms with Gasteiger partial charge in [-0.15, -0.1) is 0 Å². The van der Waals surface area contributed by atoms with Crippen LogP contribution in [0.25, 0.3) is 0 Å². The second-order valence-electron chi connectivity index (χ2n) is 5.74. The number of fused-ring (bicyclic) bond motifs is 1. The minimum absolute atomic E-state index is 0.389. The third-order valence-corrected chi connectivity index (χ3v) is 4.39. The second kappa shape index (κ2) is 4.12. The summed E-state index contributed by atoms with van der Waals surface area (Å²) in [7, 11) is 1.61. The molecule has 2 rings (SSSR count). The van der Waals surface area contributed by atoms with E-state index < -0.39 is 11.2 Å². The molecule has 0 radical (unpaired) electrons.